The number of carbonyl (C=O) groups excluding carboxylic acids is 1. The van der Waals surface area contributed by atoms with Gasteiger partial charge in [-0.15, -0.1) is 0 Å². The molecule has 28 heavy (non-hydrogen) atoms. The highest BCUT2D eigenvalue weighted by Gasteiger charge is 2.21. The molecule has 2 aromatic rings. The third kappa shape index (κ3) is 4.36. The van der Waals surface area contributed by atoms with Crippen molar-refractivity contribution in [1.29, 1.82) is 0 Å². The fourth-order valence-electron chi connectivity index (χ4n) is 3.29. The molecule has 0 amide bonds. The van der Waals surface area contributed by atoms with Crippen molar-refractivity contribution in [3.63, 3.8) is 0 Å². The molecule has 5 heteroatoms. The van der Waals surface area contributed by atoms with Gasteiger partial charge < -0.3 is 19.3 Å². The summed E-state index contributed by atoms with van der Waals surface area (Å²) in [5.74, 6) is 1.85. The van der Waals surface area contributed by atoms with E-state index in [9.17, 15) is 9.90 Å². The topological polar surface area (TPSA) is 65.0 Å². The second-order valence-corrected chi connectivity index (χ2v) is 6.60. The number of phenols is 1. The Morgan fingerprint density at radius 1 is 0.821 bits per heavy atom. The summed E-state index contributed by atoms with van der Waals surface area (Å²) in [7, 11) is 4.70. The van der Waals surface area contributed by atoms with Crippen molar-refractivity contribution in [2.45, 2.75) is 19.3 Å². The molecule has 0 heterocycles. The van der Waals surface area contributed by atoms with E-state index >= 15 is 0 Å². The predicted molar refractivity (Wildman–Crippen MR) is 109 cm³/mol. The highest BCUT2D eigenvalue weighted by molar-refractivity contribution is 6.14. The minimum Gasteiger partial charge on any atom is -0.504 e. The fourth-order valence-corrected chi connectivity index (χ4v) is 3.29. The zero-order valence-electron chi connectivity index (χ0n) is 16.3. The molecule has 1 aliphatic carbocycles. The van der Waals surface area contributed by atoms with Gasteiger partial charge in [0.05, 0.1) is 21.3 Å². The maximum atomic E-state index is 13.0. The van der Waals surface area contributed by atoms with E-state index in [1.807, 2.05) is 30.4 Å². The number of methoxy groups -OCH3 is 3. The van der Waals surface area contributed by atoms with Crippen LogP contribution in [0.4, 0.5) is 0 Å². The van der Waals surface area contributed by atoms with E-state index in [0.29, 0.717) is 23.7 Å². The van der Waals surface area contributed by atoms with E-state index in [1.54, 1.807) is 32.4 Å². The molecule has 1 N–H and O–H groups in total. The van der Waals surface area contributed by atoms with Crippen LogP contribution in [0.5, 0.6) is 23.0 Å². The molecular weight excluding hydrogens is 356 g/mol. The number of aromatic hydroxyl groups is 1. The Hall–Kier alpha value is -3.21. The monoisotopic (exact) mass is 380 g/mol. The first-order valence-corrected chi connectivity index (χ1v) is 9.10. The molecule has 3 rings (SSSR count). The zero-order valence-corrected chi connectivity index (χ0v) is 16.3. The quantitative estimate of drug-likeness (QED) is 0.766. The predicted octanol–water partition coefficient (Wildman–Crippen LogP) is 4.64. The van der Waals surface area contributed by atoms with Gasteiger partial charge in [-0.1, -0.05) is 6.07 Å². The molecule has 0 radical (unpaired) electrons. The van der Waals surface area contributed by atoms with Crippen LogP contribution in [-0.4, -0.2) is 32.2 Å². The minimum absolute atomic E-state index is 0.0309. The van der Waals surface area contributed by atoms with Crippen molar-refractivity contribution in [3.05, 3.63) is 58.7 Å². The van der Waals surface area contributed by atoms with Crippen molar-refractivity contribution in [1.82, 2.24) is 0 Å². The molecule has 0 atom stereocenters. The first kappa shape index (κ1) is 19.5. The molecule has 0 spiro atoms. The van der Waals surface area contributed by atoms with Gasteiger partial charge in [-0.3, -0.25) is 4.79 Å². The number of carbonyl (C=O) groups is 1. The first-order valence-electron chi connectivity index (χ1n) is 9.10. The van der Waals surface area contributed by atoms with Crippen LogP contribution in [0.1, 0.15) is 30.4 Å². The van der Waals surface area contributed by atoms with Crippen LogP contribution in [0.25, 0.3) is 12.2 Å². The average Bonchev–Trinajstić information content (AvgIpc) is 2.71. The number of ether oxygens (including phenoxy) is 3. The SMILES string of the molecule is COc1cc(C=C2CCCC(=Cc3ccc(OC)c(O)c3)C2=O)cc(OC)c1. The molecule has 1 saturated carbocycles. The third-order valence-electron chi connectivity index (χ3n) is 4.73. The smallest absolute Gasteiger partial charge is 0.185 e. The van der Waals surface area contributed by atoms with E-state index in [1.165, 1.54) is 7.11 Å². The second-order valence-electron chi connectivity index (χ2n) is 6.60. The number of hydrogen-bond acceptors (Lipinski definition) is 5. The summed E-state index contributed by atoms with van der Waals surface area (Å²) in [6.45, 7) is 0. The zero-order chi connectivity index (χ0) is 20.1. The lowest BCUT2D eigenvalue weighted by atomic mass is 9.87. The summed E-state index contributed by atoms with van der Waals surface area (Å²) in [5, 5.41) is 9.96. The maximum absolute atomic E-state index is 13.0. The van der Waals surface area contributed by atoms with Gasteiger partial charge in [0.2, 0.25) is 0 Å². The molecule has 2 aromatic carbocycles. The van der Waals surface area contributed by atoms with Gasteiger partial charge in [-0.2, -0.15) is 0 Å². The largest absolute Gasteiger partial charge is 0.504 e. The van der Waals surface area contributed by atoms with Gasteiger partial charge in [-0.25, -0.2) is 0 Å². The molecule has 5 nitrogen and oxygen atoms in total. The number of benzene rings is 2. The number of allylic oxidation sites excluding steroid dienone is 2. The van der Waals surface area contributed by atoms with Crippen molar-refractivity contribution < 1.29 is 24.1 Å². The highest BCUT2D eigenvalue weighted by Crippen LogP contribution is 2.32. The van der Waals surface area contributed by atoms with E-state index < -0.39 is 0 Å². The Bertz CT molecular complexity index is 918. The van der Waals surface area contributed by atoms with Gasteiger partial charge in [0.15, 0.2) is 17.3 Å². The second kappa shape index (κ2) is 8.65. The third-order valence-corrected chi connectivity index (χ3v) is 4.73. The average molecular weight is 380 g/mol. The molecule has 0 aliphatic heterocycles. The number of hydrogen-bond donors (Lipinski definition) is 1. The van der Waals surface area contributed by atoms with E-state index in [-0.39, 0.29) is 11.5 Å². The Kier molecular flexibility index (Phi) is 6.04. The summed E-state index contributed by atoms with van der Waals surface area (Å²) in [4.78, 5) is 13.0. The van der Waals surface area contributed by atoms with Gasteiger partial charge >= 0.3 is 0 Å². The number of Topliss-reactive ketones (excluding diaryl/α,β-unsaturated/α-hetero) is 1. The standard InChI is InChI=1S/C23H24O5/c1-26-19-11-16(12-20(14-19)27-2)10-18-6-4-5-17(23(18)25)9-15-7-8-22(28-3)21(24)13-15/h7-14,24H,4-6H2,1-3H3. The Balaban J connectivity index is 1.90. The number of phenolic OH excluding ortho intramolecular Hbond substituents is 1. The lowest BCUT2D eigenvalue weighted by Crippen LogP contribution is -2.12. The molecule has 0 bridgehead atoms. The summed E-state index contributed by atoms with van der Waals surface area (Å²) >= 11 is 0. The highest BCUT2D eigenvalue weighted by atomic mass is 16.5. The summed E-state index contributed by atoms with van der Waals surface area (Å²) in [6, 6.07) is 10.7. The molecule has 1 fully saturated rings. The molecule has 0 unspecified atom stereocenters. The Morgan fingerprint density at radius 3 is 1.96 bits per heavy atom. The Labute approximate surface area is 164 Å². The van der Waals surface area contributed by atoms with Gasteiger partial charge in [0.25, 0.3) is 0 Å². The van der Waals surface area contributed by atoms with Crippen molar-refractivity contribution >= 4 is 17.9 Å². The normalized spacial score (nSPS) is 17.0. The van der Waals surface area contributed by atoms with Gasteiger partial charge in [0.1, 0.15) is 11.5 Å². The number of rotatable bonds is 5. The van der Waals surface area contributed by atoms with Crippen LogP contribution >= 0.6 is 0 Å². The molecule has 0 saturated heterocycles. The molecule has 146 valence electrons. The molecular formula is C23H24O5. The summed E-state index contributed by atoms with van der Waals surface area (Å²) < 4.78 is 15.7. The lowest BCUT2D eigenvalue weighted by molar-refractivity contribution is -0.112. The van der Waals surface area contributed by atoms with Gasteiger partial charge in [0, 0.05) is 17.2 Å². The summed E-state index contributed by atoms with van der Waals surface area (Å²) in [5.41, 5.74) is 3.12. The maximum Gasteiger partial charge on any atom is 0.185 e. The van der Waals surface area contributed by atoms with Crippen molar-refractivity contribution in [3.8, 4) is 23.0 Å². The fraction of sp³-hybridized carbons (Fsp3) is 0.261. The van der Waals surface area contributed by atoms with Crippen LogP contribution in [0.2, 0.25) is 0 Å². The first-order chi connectivity index (χ1) is 13.5. The van der Waals surface area contributed by atoms with Crippen LogP contribution in [-0.2, 0) is 4.79 Å². The summed E-state index contributed by atoms with van der Waals surface area (Å²) in [6.07, 6.45) is 6.06. The molecule has 0 aromatic heterocycles. The van der Waals surface area contributed by atoms with E-state index in [0.717, 1.165) is 35.1 Å². The van der Waals surface area contributed by atoms with Crippen molar-refractivity contribution in [2.24, 2.45) is 0 Å². The van der Waals surface area contributed by atoms with Crippen LogP contribution < -0.4 is 14.2 Å². The molecule has 1 aliphatic rings. The van der Waals surface area contributed by atoms with Crippen LogP contribution in [0.3, 0.4) is 0 Å². The van der Waals surface area contributed by atoms with Crippen LogP contribution in [0.15, 0.2) is 47.5 Å². The minimum atomic E-state index is 0.0309. The van der Waals surface area contributed by atoms with Crippen molar-refractivity contribution in [2.75, 3.05) is 21.3 Å². The number of ketones is 1. The van der Waals surface area contributed by atoms with E-state index in [2.05, 4.69) is 0 Å². The van der Waals surface area contributed by atoms with E-state index in [4.69, 9.17) is 14.2 Å². The van der Waals surface area contributed by atoms with Crippen LogP contribution in [0, 0.1) is 0 Å². The lowest BCUT2D eigenvalue weighted by Gasteiger charge is -2.17. The Morgan fingerprint density at radius 2 is 1.43 bits per heavy atom. The van der Waals surface area contributed by atoms with Gasteiger partial charge in [-0.05, 0) is 66.8 Å².